The van der Waals surface area contributed by atoms with E-state index in [0.29, 0.717) is 11.4 Å². The number of rotatable bonds is 3. The Kier molecular flexibility index (Phi) is 3.65. The maximum absolute atomic E-state index is 11.9. The second-order valence-corrected chi connectivity index (χ2v) is 6.26. The Morgan fingerprint density at radius 1 is 1.50 bits per heavy atom. The molecule has 1 aromatic rings. The van der Waals surface area contributed by atoms with Gasteiger partial charge in [-0.3, -0.25) is 4.79 Å². The smallest absolute Gasteiger partial charge is 0.228 e. The van der Waals surface area contributed by atoms with Crippen LogP contribution in [0.2, 0.25) is 0 Å². The lowest BCUT2D eigenvalue weighted by Gasteiger charge is -2.17. The van der Waals surface area contributed by atoms with Crippen LogP contribution in [0.25, 0.3) is 0 Å². The third kappa shape index (κ3) is 2.59. The van der Waals surface area contributed by atoms with Crippen LogP contribution in [0.4, 0.5) is 5.69 Å². The highest BCUT2D eigenvalue weighted by Gasteiger charge is 2.37. The van der Waals surface area contributed by atoms with E-state index in [2.05, 4.69) is 0 Å². The maximum Gasteiger partial charge on any atom is 0.228 e. The first-order chi connectivity index (χ1) is 9.36. The number of methoxy groups -OCH3 is 1. The Hall–Kier alpha value is -2.11. The van der Waals surface area contributed by atoms with Crippen LogP contribution in [0.5, 0.6) is 5.75 Å². The molecule has 1 aromatic carbocycles. The summed E-state index contributed by atoms with van der Waals surface area (Å²) in [5.41, 5.74) is 0.732. The molecule has 1 aliphatic rings. The predicted molar refractivity (Wildman–Crippen MR) is 71.6 cm³/mol. The van der Waals surface area contributed by atoms with Gasteiger partial charge < -0.3 is 9.64 Å². The van der Waals surface area contributed by atoms with Gasteiger partial charge in [0.15, 0.2) is 0 Å². The molecule has 2 rings (SSSR count). The van der Waals surface area contributed by atoms with E-state index < -0.39 is 15.3 Å². The summed E-state index contributed by atoms with van der Waals surface area (Å²) in [7, 11) is -2.32. The van der Waals surface area contributed by atoms with Gasteiger partial charge in [0.1, 0.15) is 17.1 Å². The average Bonchev–Trinajstić information content (AvgIpc) is 2.80. The van der Waals surface area contributed by atoms with Crippen molar-refractivity contribution in [3.8, 4) is 11.8 Å². The molecule has 0 radical (unpaired) electrons. The molecule has 0 spiro atoms. The zero-order valence-electron chi connectivity index (χ0n) is 10.7. The van der Waals surface area contributed by atoms with E-state index in [4.69, 9.17) is 15.1 Å². The van der Waals surface area contributed by atoms with Crippen LogP contribution in [0.15, 0.2) is 18.2 Å². The van der Waals surface area contributed by atoms with Gasteiger partial charge in [-0.1, -0.05) is 0 Å². The molecule has 1 aliphatic heterocycles. The first kappa shape index (κ1) is 14.3. The Morgan fingerprint density at radius 2 is 2.20 bits per heavy atom. The molecule has 1 heterocycles. The summed E-state index contributed by atoms with van der Waals surface area (Å²) in [6.07, 6.45) is -0.146. The lowest BCUT2D eigenvalue weighted by Crippen LogP contribution is -2.32. The van der Waals surface area contributed by atoms with Gasteiger partial charge in [0.2, 0.25) is 15.9 Å². The lowest BCUT2D eigenvalue weighted by atomic mass is 10.2. The minimum Gasteiger partial charge on any atom is -0.495 e. The molecule has 0 bridgehead atoms. The number of nitriles is 1. The number of anilines is 1. The van der Waals surface area contributed by atoms with Gasteiger partial charge in [0.05, 0.1) is 12.7 Å². The second kappa shape index (κ2) is 5.11. The van der Waals surface area contributed by atoms with E-state index in [1.165, 1.54) is 18.1 Å². The van der Waals surface area contributed by atoms with Crippen LogP contribution in [-0.4, -0.2) is 33.2 Å². The number of primary sulfonamides is 1. The van der Waals surface area contributed by atoms with Crippen molar-refractivity contribution in [3.05, 3.63) is 23.8 Å². The SMILES string of the molecule is COc1ccc(N2CC(S(N)(=O)=O)CC2=O)cc1C#N. The summed E-state index contributed by atoms with van der Waals surface area (Å²) in [4.78, 5) is 13.2. The van der Waals surface area contributed by atoms with Crippen molar-refractivity contribution in [1.82, 2.24) is 0 Å². The molecule has 20 heavy (non-hydrogen) atoms. The lowest BCUT2D eigenvalue weighted by molar-refractivity contribution is -0.117. The van der Waals surface area contributed by atoms with Gasteiger partial charge in [-0.25, -0.2) is 13.6 Å². The van der Waals surface area contributed by atoms with Crippen molar-refractivity contribution < 1.29 is 17.9 Å². The van der Waals surface area contributed by atoms with Crippen molar-refractivity contribution in [3.63, 3.8) is 0 Å². The van der Waals surface area contributed by atoms with Crippen LogP contribution < -0.4 is 14.8 Å². The molecule has 106 valence electrons. The Labute approximate surface area is 116 Å². The maximum atomic E-state index is 11.9. The fourth-order valence-electron chi connectivity index (χ4n) is 2.10. The minimum absolute atomic E-state index is 0.00510. The van der Waals surface area contributed by atoms with Crippen molar-refractivity contribution in [2.24, 2.45) is 5.14 Å². The highest BCUT2D eigenvalue weighted by molar-refractivity contribution is 7.89. The van der Waals surface area contributed by atoms with Gasteiger partial charge in [-0.2, -0.15) is 5.26 Å². The molecule has 1 amide bonds. The number of carbonyl (C=O) groups is 1. The highest BCUT2D eigenvalue weighted by atomic mass is 32.2. The van der Waals surface area contributed by atoms with Crippen molar-refractivity contribution in [1.29, 1.82) is 5.26 Å². The predicted octanol–water partition coefficient (Wildman–Crippen LogP) is -0.0393. The molecule has 2 N–H and O–H groups in total. The van der Waals surface area contributed by atoms with Crippen molar-refractivity contribution >= 4 is 21.6 Å². The van der Waals surface area contributed by atoms with E-state index in [1.807, 2.05) is 6.07 Å². The number of hydrogen-bond acceptors (Lipinski definition) is 5. The highest BCUT2D eigenvalue weighted by Crippen LogP contribution is 2.28. The van der Waals surface area contributed by atoms with Crippen LogP contribution in [-0.2, 0) is 14.8 Å². The summed E-state index contributed by atoms with van der Waals surface area (Å²) in [5.74, 6) is 0.0592. The Balaban J connectivity index is 2.34. The molecular weight excluding hydrogens is 282 g/mol. The molecule has 1 unspecified atom stereocenters. The third-order valence-corrected chi connectivity index (χ3v) is 4.41. The van der Waals surface area contributed by atoms with Crippen LogP contribution in [0.1, 0.15) is 12.0 Å². The van der Waals surface area contributed by atoms with E-state index in [1.54, 1.807) is 12.1 Å². The number of amides is 1. The summed E-state index contributed by atoms with van der Waals surface area (Å²) in [6, 6.07) is 6.61. The van der Waals surface area contributed by atoms with Gasteiger partial charge in [0, 0.05) is 18.7 Å². The fourth-order valence-corrected chi connectivity index (χ4v) is 2.83. The molecule has 1 fully saturated rings. The quantitative estimate of drug-likeness (QED) is 0.840. The summed E-state index contributed by atoms with van der Waals surface area (Å²) in [5, 5.41) is 13.2. The van der Waals surface area contributed by atoms with Gasteiger partial charge >= 0.3 is 0 Å². The summed E-state index contributed by atoms with van der Waals surface area (Å²) >= 11 is 0. The molecular formula is C12H13N3O4S. The molecule has 1 saturated heterocycles. The standard InChI is InChI=1S/C12H13N3O4S/c1-19-11-3-2-9(4-8(11)6-13)15-7-10(5-12(15)16)20(14,17)18/h2-4,10H,5,7H2,1H3,(H2,14,17,18). The first-order valence-electron chi connectivity index (χ1n) is 5.77. The largest absolute Gasteiger partial charge is 0.495 e. The molecule has 1 atom stereocenters. The molecule has 0 aromatic heterocycles. The van der Waals surface area contributed by atoms with Crippen LogP contribution in [0.3, 0.4) is 0 Å². The number of benzene rings is 1. The number of nitrogens with two attached hydrogens (primary N) is 1. The van der Waals surface area contributed by atoms with Gasteiger partial charge in [-0.15, -0.1) is 0 Å². The normalized spacial score (nSPS) is 18.9. The zero-order valence-corrected chi connectivity index (χ0v) is 11.6. The average molecular weight is 295 g/mol. The first-order valence-corrected chi connectivity index (χ1v) is 7.38. The van der Waals surface area contributed by atoms with E-state index in [-0.39, 0.29) is 24.4 Å². The zero-order chi connectivity index (χ0) is 14.9. The van der Waals surface area contributed by atoms with Gasteiger partial charge in [-0.05, 0) is 18.2 Å². The van der Waals surface area contributed by atoms with E-state index in [0.717, 1.165) is 0 Å². The van der Waals surface area contributed by atoms with Crippen molar-refractivity contribution in [2.45, 2.75) is 11.7 Å². The third-order valence-electron chi connectivity index (χ3n) is 3.17. The number of ether oxygens (including phenoxy) is 1. The molecule has 7 nitrogen and oxygen atoms in total. The summed E-state index contributed by atoms with van der Waals surface area (Å²) in [6.45, 7) is -0.00510. The van der Waals surface area contributed by atoms with Crippen molar-refractivity contribution in [2.75, 3.05) is 18.6 Å². The number of nitrogens with zero attached hydrogens (tertiary/aromatic N) is 2. The molecule has 8 heteroatoms. The van der Waals surface area contributed by atoms with Crippen LogP contribution in [0, 0.1) is 11.3 Å². The molecule has 0 saturated carbocycles. The fraction of sp³-hybridized carbons (Fsp3) is 0.333. The Morgan fingerprint density at radius 3 is 2.70 bits per heavy atom. The van der Waals surface area contributed by atoms with Gasteiger partial charge in [0.25, 0.3) is 0 Å². The topological polar surface area (TPSA) is 113 Å². The monoisotopic (exact) mass is 295 g/mol. The Bertz CT molecular complexity index is 693. The van der Waals surface area contributed by atoms with E-state index in [9.17, 15) is 13.2 Å². The number of hydrogen-bond donors (Lipinski definition) is 1. The summed E-state index contributed by atoms with van der Waals surface area (Å²) < 4.78 is 27.6. The number of sulfonamides is 1. The van der Waals surface area contributed by atoms with Crippen LogP contribution >= 0.6 is 0 Å². The molecule has 0 aliphatic carbocycles. The van der Waals surface area contributed by atoms with E-state index >= 15 is 0 Å². The minimum atomic E-state index is -3.76. The number of carbonyl (C=O) groups excluding carboxylic acids is 1. The second-order valence-electron chi connectivity index (χ2n) is 4.42.